The molecule has 0 fully saturated rings. The van der Waals surface area contributed by atoms with Crippen molar-refractivity contribution in [2.24, 2.45) is 10.7 Å². The molecule has 0 spiro atoms. The van der Waals surface area contributed by atoms with Gasteiger partial charge in [0.15, 0.2) is 0 Å². The van der Waals surface area contributed by atoms with E-state index in [2.05, 4.69) is 10.3 Å². The van der Waals surface area contributed by atoms with Gasteiger partial charge in [0.1, 0.15) is 5.84 Å². The molecule has 1 aromatic heterocycles. The fraction of sp³-hybridized carbons (Fsp3) is 0.0417. The Morgan fingerprint density at radius 2 is 1.59 bits per heavy atom. The summed E-state index contributed by atoms with van der Waals surface area (Å²) < 4.78 is 27.5. The molecule has 3 aromatic carbocycles. The first-order valence-corrected chi connectivity index (χ1v) is 11.6. The van der Waals surface area contributed by atoms with Crippen LogP contribution in [0.25, 0.3) is 10.9 Å². The Hall–Kier alpha value is -4.44. The standard InChI is InChI=1S/C24H20N4O5S/c25-22(27-24(30)31)17-12-10-16(11-13-17)14-26-23(29)20-15-28(21-9-5-4-8-19(20)21)34(32,33)18-6-2-1-3-7-18/h1-13,15H,14H2,(H2,25,27)(H,26,29)(H,30,31). The van der Waals surface area contributed by atoms with Gasteiger partial charge in [0.25, 0.3) is 15.9 Å². The minimum atomic E-state index is -3.90. The first-order valence-electron chi connectivity index (χ1n) is 10.1. The van der Waals surface area contributed by atoms with E-state index in [9.17, 15) is 18.0 Å². The number of fused-ring (bicyclic) bond motifs is 1. The smallest absolute Gasteiger partial charge is 0.433 e. The maximum absolute atomic E-state index is 13.2. The van der Waals surface area contributed by atoms with Crippen molar-refractivity contribution in [2.75, 3.05) is 0 Å². The summed E-state index contributed by atoms with van der Waals surface area (Å²) in [6.07, 6.45) is -0.0589. The van der Waals surface area contributed by atoms with Crippen LogP contribution in [-0.2, 0) is 16.6 Å². The van der Waals surface area contributed by atoms with Gasteiger partial charge in [-0.2, -0.15) is 4.99 Å². The molecule has 172 valence electrons. The van der Waals surface area contributed by atoms with Crippen LogP contribution in [0.4, 0.5) is 4.79 Å². The Morgan fingerprint density at radius 3 is 2.26 bits per heavy atom. The number of carboxylic acid groups (broad SMARTS) is 1. The molecule has 0 saturated heterocycles. The monoisotopic (exact) mass is 476 g/mol. The van der Waals surface area contributed by atoms with Crippen molar-refractivity contribution in [2.45, 2.75) is 11.4 Å². The maximum Gasteiger partial charge on any atom is 0.433 e. The van der Waals surface area contributed by atoms with E-state index < -0.39 is 22.0 Å². The summed E-state index contributed by atoms with van der Waals surface area (Å²) in [6, 6.07) is 21.4. The van der Waals surface area contributed by atoms with Crippen LogP contribution in [0, 0.1) is 0 Å². The topological polar surface area (TPSA) is 144 Å². The van der Waals surface area contributed by atoms with Crippen LogP contribution in [-0.4, -0.2) is 35.3 Å². The van der Waals surface area contributed by atoms with E-state index >= 15 is 0 Å². The second kappa shape index (κ2) is 9.20. The fourth-order valence-electron chi connectivity index (χ4n) is 3.47. The predicted octanol–water partition coefficient (Wildman–Crippen LogP) is 3.19. The number of nitrogens with two attached hydrogens (primary N) is 1. The van der Waals surface area contributed by atoms with E-state index in [1.807, 2.05) is 0 Å². The summed E-state index contributed by atoms with van der Waals surface area (Å²) in [5.41, 5.74) is 7.42. The van der Waals surface area contributed by atoms with E-state index in [0.717, 1.165) is 9.54 Å². The number of carbonyl (C=O) groups is 2. The average molecular weight is 477 g/mol. The van der Waals surface area contributed by atoms with Crippen LogP contribution in [0.5, 0.6) is 0 Å². The normalized spacial score (nSPS) is 11.9. The molecule has 10 heteroatoms. The number of nitrogens with one attached hydrogen (secondary N) is 1. The number of nitrogens with zero attached hydrogens (tertiary/aromatic N) is 2. The second-order valence-corrected chi connectivity index (χ2v) is 9.15. The van der Waals surface area contributed by atoms with Gasteiger partial charge in [-0.05, 0) is 23.8 Å². The van der Waals surface area contributed by atoms with Gasteiger partial charge in [-0.1, -0.05) is 60.7 Å². The minimum Gasteiger partial charge on any atom is -0.463 e. The third kappa shape index (κ3) is 4.52. The number of hydrogen-bond acceptors (Lipinski definition) is 4. The van der Waals surface area contributed by atoms with Crippen molar-refractivity contribution in [3.63, 3.8) is 0 Å². The summed E-state index contributed by atoms with van der Waals surface area (Å²) in [7, 11) is -3.90. The summed E-state index contributed by atoms with van der Waals surface area (Å²) in [6.45, 7) is 0.167. The molecule has 0 bridgehead atoms. The molecular weight excluding hydrogens is 456 g/mol. The largest absolute Gasteiger partial charge is 0.463 e. The number of para-hydroxylation sites is 1. The van der Waals surface area contributed by atoms with Gasteiger partial charge in [0.05, 0.1) is 16.0 Å². The Balaban J connectivity index is 1.59. The number of aliphatic imine (C=N–C) groups is 1. The van der Waals surface area contributed by atoms with Crippen LogP contribution in [0.15, 0.2) is 94.9 Å². The number of carbonyl (C=O) groups excluding carboxylic acids is 1. The van der Waals surface area contributed by atoms with E-state index in [-0.39, 0.29) is 22.8 Å². The van der Waals surface area contributed by atoms with Crippen LogP contribution < -0.4 is 11.1 Å². The molecule has 0 atom stereocenters. The summed E-state index contributed by atoms with van der Waals surface area (Å²) in [5.74, 6) is -0.565. The number of amidine groups is 1. The highest BCUT2D eigenvalue weighted by molar-refractivity contribution is 7.90. The van der Waals surface area contributed by atoms with Gasteiger partial charge in [0, 0.05) is 23.7 Å². The molecule has 0 aliphatic carbocycles. The molecule has 34 heavy (non-hydrogen) atoms. The van der Waals surface area contributed by atoms with E-state index in [0.29, 0.717) is 16.5 Å². The van der Waals surface area contributed by atoms with Crippen LogP contribution in [0.3, 0.4) is 0 Å². The SMILES string of the molecule is N/C(=N/C(=O)O)c1ccc(CNC(=O)c2cn(S(=O)(=O)c3ccccc3)c3ccccc23)cc1. The minimum absolute atomic E-state index is 0.119. The lowest BCUT2D eigenvalue weighted by Gasteiger charge is -2.07. The predicted molar refractivity (Wildman–Crippen MR) is 127 cm³/mol. The van der Waals surface area contributed by atoms with Gasteiger partial charge in [-0.25, -0.2) is 17.2 Å². The third-order valence-electron chi connectivity index (χ3n) is 5.14. The van der Waals surface area contributed by atoms with Crippen molar-refractivity contribution < 1.29 is 23.1 Å². The zero-order valence-corrected chi connectivity index (χ0v) is 18.6. The van der Waals surface area contributed by atoms with Crippen molar-refractivity contribution >= 4 is 38.8 Å². The lowest BCUT2D eigenvalue weighted by molar-refractivity contribution is 0.0952. The molecule has 9 nitrogen and oxygen atoms in total. The van der Waals surface area contributed by atoms with E-state index in [1.54, 1.807) is 66.7 Å². The average Bonchev–Trinajstić information content (AvgIpc) is 3.24. The van der Waals surface area contributed by atoms with Gasteiger partial charge < -0.3 is 16.2 Å². The molecule has 0 unspecified atom stereocenters. The van der Waals surface area contributed by atoms with Gasteiger partial charge in [-0.3, -0.25) is 4.79 Å². The molecule has 0 saturated carbocycles. The fourth-order valence-corrected chi connectivity index (χ4v) is 4.86. The maximum atomic E-state index is 13.2. The van der Waals surface area contributed by atoms with Crippen LogP contribution in [0.1, 0.15) is 21.5 Å². The molecule has 4 N–H and O–H groups in total. The summed E-state index contributed by atoms with van der Waals surface area (Å²) in [4.78, 5) is 27.0. The Kier molecular flexibility index (Phi) is 6.15. The van der Waals surface area contributed by atoms with Gasteiger partial charge in [-0.15, -0.1) is 0 Å². The first kappa shape index (κ1) is 22.7. The number of hydrogen-bond donors (Lipinski definition) is 3. The lowest BCUT2D eigenvalue weighted by Crippen LogP contribution is -2.23. The van der Waals surface area contributed by atoms with E-state index in [1.165, 1.54) is 18.3 Å². The molecule has 0 aliphatic heterocycles. The zero-order chi connectivity index (χ0) is 24.3. The molecule has 0 radical (unpaired) electrons. The van der Waals surface area contributed by atoms with Gasteiger partial charge in [0.2, 0.25) is 0 Å². The number of rotatable bonds is 6. The highest BCUT2D eigenvalue weighted by atomic mass is 32.2. The lowest BCUT2D eigenvalue weighted by atomic mass is 10.1. The molecule has 4 rings (SSSR count). The highest BCUT2D eigenvalue weighted by Crippen LogP contribution is 2.26. The zero-order valence-electron chi connectivity index (χ0n) is 17.8. The Bertz CT molecular complexity index is 1510. The van der Waals surface area contributed by atoms with Crippen LogP contribution in [0.2, 0.25) is 0 Å². The summed E-state index contributed by atoms with van der Waals surface area (Å²) >= 11 is 0. The van der Waals surface area contributed by atoms with Crippen molar-refractivity contribution in [1.29, 1.82) is 0 Å². The number of aromatic nitrogens is 1. The molecular formula is C24H20N4O5S. The molecule has 4 aromatic rings. The molecule has 1 heterocycles. The molecule has 2 amide bonds. The number of amides is 2. The third-order valence-corrected chi connectivity index (χ3v) is 6.83. The summed E-state index contributed by atoms with van der Waals surface area (Å²) in [5, 5.41) is 12.0. The second-order valence-electron chi connectivity index (χ2n) is 7.33. The Morgan fingerprint density at radius 1 is 0.941 bits per heavy atom. The first-order chi connectivity index (χ1) is 16.3. The number of benzene rings is 3. The Labute approximate surface area is 195 Å². The van der Waals surface area contributed by atoms with E-state index in [4.69, 9.17) is 10.8 Å². The van der Waals surface area contributed by atoms with Crippen molar-refractivity contribution in [3.8, 4) is 0 Å². The van der Waals surface area contributed by atoms with Crippen LogP contribution >= 0.6 is 0 Å². The quantitative estimate of drug-likeness (QED) is 0.288. The van der Waals surface area contributed by atoms with Gasteiger partial charge >= 0.3 is 6.09 Å². The highest BCUT2D eigenvalue weighted by Gasteiger charge is 2.23. The molecule has 0 aliphatic rings. The van der Waals surface area contributed by atoms with Crippen molar-refractivity contribution in [1.82, 2.24) is 9.29 Å². The van der Waals surface area contributed by atoms with Crippen molar-refractivity contribution in [3.05, 3.63) is 102 Å².